The number of halogens is 3. The minimum Gasteiger partial charge on any atom is -0.489 e. The van der Waals surface area contributed by atoms with Crippen LogP contribution in [0.3, 0.4) is 0 Å². The van der Waals surface area contributed by atoms with Crippen molar-refractivity contribution in [3.63, 3.8) is 0 Å². The number of nitrogens with one attached hydrogen (secondary N) is 1. The number of hydrogen-bond donors (Lipinski definition) is 1. The molecule has 1 N–H and O–H groups in total. The summed E-state index contributed by atoms with van der Waals surface area (Å²) in [6.07, 6.45) is 3.47. The van der Waals surface area contributed by atoms with Crippen molar-refractivity contribution in [2.45, 2.75) is 6.92 Å². The molecule has 30 heavy (non-hydrogen) atoms. The van der Waals surface area contributed by atoms with Crippen molar-refractivity contribution in [1.82, 2.24) is 20.0 Å². The number of benzene rings is 1. The van der Waals surface area contributed by atoms with Gasteiger partial charge in [-0.1, -0.05) is 0 Å². The van der Waals surface area contributed by atoms with Crippen LogP contribution >= 0.6 is 24.0 Å². The van der Waals surface area contributed by atoms with Crippen LogP contribution in [0, 0.1) is 11.6 Å². The zero-order chi connectivity index (χ0) is 20.8. The van der Waals surface area contributed by atoms with E-state index in [1.165, 1.54) is 6.07 Å². The molecule has 8 nitrogen and oxygen atoms in total. The largest absolute Gasteiger partial charge is 0.489 e. The minimum atomic E-state index is -0.752. The first-order valence-electron chi connectivity index (χ1n) is 9.38. The molecule has 0 bridgehead atoms. The molecule has 1 aromatic heterocycles. The Labute approximate surface area is 190 Å². The van der Waals surface area contributed by atoms with E-state index in [9.17, 15) is 13.6 Å². The molecule has 1 saturated heterocycles. The van der Waals surface area contributed by atoms with Gasteiger partial charge in [0.25, 0.3) is 0 Å². The number of amides is 1. The molecule has 0 atom stereocenters. The number of carbonyl (C=O) groups is 1. The minimum absolute atomic E-state index is 0. The van der Waals surface area contributed by atoms with Gasteiger partial charge in [0, 0.05) is 38.9 Å². The summed E-state index contributed by atoms with van der Waals surface area (Å²) < 4.78 is 33.5. The summed E-state index contributed by atoms with van der Waals surface area (Å²) in [5, 5.41) is 7.27. The smallest absolute Gasteiger partial charge is 0.246 e. The van der Waals surface area contributed by atoms with Crippen LogP contribution in [-0.4, -0.2) is 65.9 Å². The first kappa shape index (κ1) is 23.8. The number of guanidine groups is 1. The molecular formula is C19H25F2IN6O2. The summed E-state index contributed by atoms with van der Waals surface area (Å²) in [5.41, 5.74) is 0.772. The number of aliphatic imine (C=N–C) groups is 1. The molecule has 11 heteroatoms. The van der Waals surface area contributed by atoms with Crippen LogP contribution in [0.25, 0.3) is 0 Å². The van der Waals surface area contributed by atoms with E-state index in [0.717, 1.165) is 17.8 Å². The number of anilines is 1. The first-order chi connectivity index (χ1) is 14.0. The molecule has 0 unspecified atom stereocenters. The number of hydrogen-bond acceptors (Lipinski definition) is 4. The molecule has 3 rings (SSSR count). The maximum absolute atomic E-state index is 13.6. The summed E-state index contributed by atoms with van der Waals surface area (Å²) in [6, 6.07) is 3.16. The number of piperazine rings is 1. The van der Waals surface area contributed by atoms with Crippen LogP contribution in [0.15, 0.2) is 35.6 Å². The molecule has 164 valence electrons. The van der Waals surface area contributed by atoms with Gasteiger partial charge in [-0.2, -0.15) is 5.10 Å². The number of carbonyl (C=O) groups excluding carboxylic acids is 1. The van der Waals surface area contributed by atoms with E-state index in [1.54, 1.807) is 29.0 Å². The Hall–Kier alpha value is -2.44. The van der Waals surface area contributed by atoms with Crippen LogP contribution in [0.4, 0.5) is 14.5 Å². The molecular weight excluding hydrogens is 509 g/mol. The zero-order valence-corrected chi connectivity index (χ0v) is 19.2. The Morgan fingerprint density at radius 3 is 2.77 bits per heavy atom. The van der Waals surface area contributed by atoms with Crippen molar-refractivity contribution in [3.8, 4) is 5.75 Å². The number of nitrogens with zero attached hydrogens (tertiary/aromatic N) is 5. The summed E-state index contributed by atoms with van der Waals surface area (Å²) in [4.78, 5) is 20.6. The Kier molecular flexibility index (Phi) is 8.81. The van der Waals surface area contributed by atoms with E-state index in [1.807, 2.05) is 11.8 Å². The zero-order valence-electron chi connectivity index (χ0n) is 16.8. The highest BCUT2D eigenvalue weighted by Crippen LogP contribution is 2.18. The number of aryl methyl sites for hydroxylation is 1. The maximum Gasteiger partial charge on any atom is 0.246 e. The number of ether oxygens (including phenoxy) is 1. The van der Waals surface area contributed by atoms with Gasteiger partial charge in [-0.15, -0.1) is 24.0 Å². The lowest BCUT2D eigenvalue weighted by atomic mass is 10.3. The molecule has 0 radical (unpaired) electrons. The second-order valence-corrected chi connectivity index (χ2v) is 6.50. The molecule has 1 aromatic carbocycles. The second-order valence-electron chi connectivity index (χ2n) is 6.50. The number of aromatic nitrogens is 2. The summed E-state index contributed by atoms with van der Waals surface area (Å²) >= 11 is 0. The third-order valence-electron chi connectivity index (χ3n) is 4.36. The molecule has 2 heterocycles. The fourth-order valence-corrected chi connectivity index (χ4v) is 3.00. The lowest BCUT2D eigenvalue weighted by Gasteiger charge is -2.35. The molecule has 1 aliphatic rings. The molecule has 1 aliphatic heterocycles. The second kappa shape index (κ2) is 11.1. The number of rotatable bonds is 6. The van der Waals surface area contributed by atoms with Gasteiger partial charge in [0.05, 0.1) is 18.4 Å². The topological polar surface area (TPSA) is 75.0 Å². The van der Waals surface area contributed by atoms with E-state index in [4.69, 9.17) is 4.74 Å². The molecule has 2 aromatic rings. The van der Waals surface area contributed by atoms with E-state index < -0.39 is 11.6 Å². The van der Waals surface area contributed by atoms with Crippen LogP contribution in [0.1, 0.15) is 6.92 Å². The quantitative estimate of drug-likeness (QED) is 0.266. The SMILES string of the molecule is CCNC(=NCCOc1ccc(F)cc1F)N1CCN(c2cnn(C)c2)C(=O)C1.I. The predicted octanol–water partition coefficient (Wildman–Crippen LogP) is 2.01. The van der Waals surface area contributed by atoms with E-state index >= 15 is 0 Å². The molecule has 0 spiro atoms. The molecule has 1 amide bonds. The van der Waals surface area contributed by atoms with Gasteiger partial charge in [-0.25, -0.2) is 13.8 Å². The molecule has 0 aliphatic carbocycles. The lowest BCUT2D eigenvalue weighted by Crippen LogP contribution is -2.55. The normalized spacial score (nSPS) is 14.5. The monoisotopic (exact) mass is 534 g/mol. The highest BCUT2D eigenvalue weighted by molar-refractivity contribution is 14.0. The third-order valence-corrected chi connectivity index (χ3v) is 4.36. The van der Waals surface area contributed by atoms with E-state index in [-0.39, 0.29) is 55.3 Å². The Balaban J connectivity index is 0.00000320. The van der Waals surface area contributed by atoms with Gasteiger partial charge in [0.1, 0.15) is 19.0 Å². The van der Waals surface area contributed by atoms with Gasteiger partial charge in [0.15, 0.2) is 17.5 Å². The lowest BCUT2D eigenvalue weighted by molar-refractivity contribution is -0.120. The molecule has 1 fully saturated rings. The Bertz CT molecular complexity index is 892. The highest BCUT2D eigenvalue weighted by Gasteiger charge is 2.27. The van der Waals surface area contributed by atoms with Crippen molar-refractivity contribution in [3.05, 3.63) is 42.2 Å². The van der Waals surface area contributed by atoms with Crippen LogP contribution in [0.2, 0.25) is 0 Å². The van der Waals surface area contributed by atoms with Crippen molar-refractivity contribution < 1.29 is 18.3 Å². The van der Waals surface area contributed by atoms with Gasteiger partial charge in [-0.05, 0) is 19.1 Å². The maximum atomic E-state index is 13.6. The van der Waals surface area contributed by atoms with Crippen molar-refractivity contribution in [2.75, 3.05) is 44.2 Å². The van der Waals surface area contributed by atoms with Crippen molar-refractivity contribution in [2.24, 2.45) is 12.0 Å². The van der Waals surface area contributed by atoms with Gasteiger partial charge in [0.2, 0.25) is 5.91 Å². The summed E-state index contributed by atoms with van der Waals surface area (Å²) in [5.74, 6) is -0.878. The Morgan fingerprint density at radius 2 is 2.13 bits per heavy atom. The van der Waals surface area contributed by atoms with Gasteiger partial charge in [-0.3, -0.25) is 9.48 Å². The standard InChI is InChI=1S/C19H24F2N6O2.HI/c1-3-22-19(23-6-9-29-17-5-4-14(20)10-16(17)21)26-7-8-27(18(28)13-26)15-11-24-25(2)12-15;/h4-5,10-12H,3,6-9,13H2,1-2H3,(H,22,23);1H. The van der Waals surface area contributed by atoms with Crippen LogP contribution in [0.5, 0.6) is 5.75 Å². The summed E-state index contributed by atoms with van der Waals surface area (Å²) in [7, 11) is 1.81. The van der Waals surface area contributed by atoms with Crippen molar-refractivity contribution in [1.29, 1.82) is 0 Å². The van der Waals surface area contributed by atoms with Crippen LogP contribution < -0.4 is 15.0 Å². The van der Waals surface area contributed by atoms with Crippen molar-refractivity contribution >= 4 is 41.5 Å². The highest BCUT2D eigenvalue weighted by atomic mass is 127. The van der Waals surface area contributed by atoms with Gasteiger partial charge < -0.3 is 19.9 Å². The van der Waals surface area contributed by atoms with Crippen LogP contribution in [-0.2, 0) is 11.8 Å². The predicted molar refractivity (Wildman–Crippen MR) is 120 cm³/mol. The molecule has 0 saturated carbocycles. The average molecular weight is 534 g/mol. The first-order valence-corrected chi connectivity index (χ1v) is 9.38. The summed E-state index contributed by atoms with van der Waals surface area (Å²) in [6.45, 7) is 4.29. The Morgan fingerprint density at radius 1 is 1.33 bits per heavy atom. The van der Waals surface area contributed by atoms with Gasteiger partial charge >= 0.3 is 0 Å². The fraction of sp³-hybridized carbons (Fsp3) is 0.421. The third kappa shape index (κ3) is 6.03. The van der Waals surface area contributed by atoms with E-state index in [2.05, 4.69) is 15.4 Å². The fourth-order valence-electron chi connectivity index (χ4n) is 3.00. The average Bonchev–Trinajstić information content (AvgIpc) is 3.11. The van der Waals surface area contributed by atoms with E-state index in [0.29, 0.717) is 25.6 Å².